The van der Waals surface area contributed by atoms with E-state index in [1.165, 1.54) is 19.3 Å². The van der Waals surface area contributed by atoms with E-state index in [1.807, 2.05) is 16.9 Å². The average Bonchev–Trinajstić information content (AvgIpc) is 3.32. The van der Waals surface area contributed by atoms with Crippen molar-refractivity contribution in [2.75, 3.05) is 6.61 Å². The number of nitrogens with zero attached hydrogens (tertiary/aromatic N) is 4. The van der Waals surface area contributed by atoms with Crippen LogP contribution in [0.25, 0.3) is 11.4 Å². The van der Waals surface area contributed by atoms with Crippen LogP contribution in [0.3, 0.4) is 0 Å². The molecule has 1 saturated heterocycles. The zero-order chi connectivity index (χ0) is 16.4. The molecule has 124 valence electrons. The van der Waals surface area contributed by atoms with Crippen molar-refractivity contribution in [3.05, 3.63) is 29.0 Å². The van der Waals surface area contributed by atoms with Gasteiger partial charge in [-0.2, -0.15) is 0 Å². The monoisotopic (exact) mass is 342 g/mol. The molecule has 3 heterocycles. The third-order valence-corrected chi connectivity index (χ3v) is 4.57. The SMILES string of the molecule is Clc1cc(C#CC2CC2)cnc1-c1cn(C[C@H]2CCCCO2)nn1. The molecule has 1 aliphatic heterocycles. The van der Waals surface area contributed by atoms with Gasteiger partial charge in [-0.15, -0.1) is 5.10 Å². The summed E-state index contributed by atoms with van der Waals surface area (Å²) in [7, 11) is 0. The summed E-state index contributed by atoms with van der Waals surface area (Å²) >= 11 is 6.36. The molecule has 2 aromatic heterocycles. The molecule has 5 nitrogen and oxygen atoms in total. The molecular formula is C18H19ClN4O. The van der Waals surface area contributed by atoms with Gasteiger partial charge in [-0.3, -0.25) is 4.98 Å². The Morgan fingerprint density at radius 3 is 2.96 bits per heavy atom. The number of hydrogen-bond acceptors (Lipinski definition) is 4. The van der Waals surface area contributed by atoms with Crippen molar-refractivity contribution in [2.24, 2.45) is 5.92 Å². The Kier molecular flexibility index (Phi) is 4.50. The molecule has 0 radical (unpaired) electrons. The van der Waals surface area contributed by atoms with Crippen LogP contribution in [0.5, 0.6) is 0 Å². The van der Waals surface area contributed by atoms with Crippen molar-refractivity contribution < 1.29 is 4.74 Å². The summed E-state index contributed by atoms with van der Waals surface area (Å²) in [6.45, 7) is 1.55. The fourth-order valence-corrected chi connectivity index (χ4v) is 3.03. The van der Waals surface area contributed by atoms with Crippen molar-refractivity contribution in [2.45, 2.75) is 44.8 Å². The minimum atomic E-state index is 0.219. The molecule has 1 atom stereocenters. The summed E-state index contributed by atoms with van der Waals surface area (Å²) in [4.78, 5) is 4.43. The second-order valence-electron chi connectivity index (χ2n) is 6.41. The van der Waals surface area contributed by atoms with E-state index in [0.717, 1.165) is 31.6 Å². The highest BCUT2D eigenvalue weighted by Gasteiger charge is 2.18. The van der Waals surface area contributed by atoms with E-state index in [-0.39, 0.29) is 6.10 Å². The standard InChI is InChI=1S/C18H19ClN4O/c19-16-9-14(7-6-13-4-5-13)10-20-18(16)17-12-23(22-21-17)11-15-3-1-2-8-24-15/h9-10,12-13,15H,1-5,8,11H2/t15-/m1/s1. The third kappa shape index (κ3) is 3.77. The van der Waals surface area contributed by atoms with E-state index in [0.29, 0.717) is 22.3 Å². The van der Waals surface area contributed by atoms with Crippen LogP contribution in [0.15, 0.2) is 18.5 Å². The first-order chi connectivity index (χ1) is 11.8. The maximum Gasteiger partial charge on any atom is 0.132 e. The number of pyridine rings is 1. The Morgan fingerprint density at radius 1 is 1.29 bits per heavy atom. The lowest BCUT2D eigenvalue weighted by atomic mass is 10.1. The topological polar surface area (TPSA) is 52.8 Å². The van der Waals surface area contributed by atoms with Crippen LogP contribution in [0.2, 0.25) is 5.02 Å². The Labute approximate surface area is 146 Å². The van der Waals surface area contributed by atoms with Gasteiger partial charge in [0.05, 0.1) is 23.9 Å². The first kappa shape index (κ1) is 15.6. The van der Waals surface area contributed by atoms with Crippen LogP contribution in [0.1, 0.15) is 37.7 Å². The van der Waals surface area contributed by atoms with Gasteiger partial charge in [0, 0.05) is 24.3 Å². The van der Waals surface area contributed by atoms with Crippen LogP contribution >= 0.6 is 11.6 Å². The summed E-state index contributed by atoms with van der Waals surface area (Å²) in [5.41, 5.74) is 2.17. The number of hydrogen-bond donors (Lipinski definition) is 0. The lowest BCUT2D eigenvalue weighted by Gasteiger charge is -2.21. The summed E-state index contributed by atoms with van der Waals surface area (Å²) < 4.78 is 7.55. The Morgan fingerprint density at radius 2 is 2.21 bits per heavy atom. The molecule has 2 aliphatic rings. The number of halogens is 1. The lowest BCUT2D eigenvalue weighted by molar-refractivity contribution is 0.00370. The first-order valence-corrected chi connectivity index (χ1v) is 8.85. The largest absolute Gasteiger partial charge is 0.376 e. The Bertz CT molecular complexity index is 782. The van der Waals surface area contributed by atoms with Gasteiger partial charge >= 0.3 is 0 Å². The van der Waals surface area contributed by atoms with E-state index >= 15 is 0 Å². The van der Waals surface area contributed by atoms with Crippen LogP contribution < -0.4 is 0 Å². The zero-order valence-corrected chi connectivity index (χ0v) is 14.2. The molecule has 4 rings (SSSR count). The van der Waals surface area contributed by atoms with Gasteiger partial charge in [0.2, 0.25) is 0 Å². The van der Waals surface area contributed by atoms with E-state index in [9.17, 15) is 0 Å². The molecule has 0 amide bonds. The van der Waals surface area contributed by atoms with Gasteiger partial charge in [-0.1, -0.05) is 28.7 Å². The average molecular weight is 343 g/mol. The van der Waals surface area contributed by atoms with Crippen LogP contribution in [0, 0.1) is 17.8 Å². The number of rotatable bonds is 3. The first-order valence-electron chi connectivity index (χ1n) is 8.47. The van der Waals surface area contributed by atoms with Gasteiger partial charge in [-0.25, -0.2) is 4.68 Å². The number of aromatic nitrogens is 4. The van der Waals surface area contributed by atoms with Gasteiger partial charge in [-0.05, 0) is 38.2 Å². The van der Waals surface area contributed by atoms with Crippen LogP contribution in [0.4, 0.5) is 0 Å². The molecule has 0 aromatic carbocycles. The van der Waals surface area contributed by atoms with Crippen molar-refractivity contribution in [1.29, 1.82) is 0 Å². The summed E-state index contributed by atoms with van der Waals surface area (Å²) in [6, 6.07) is 1.85. The molecule has 0 N–H and O–H groups in total. The predicted molar refractivity (Wildman–Crippen MR) is 91.5 cm³/mol. The molecular weight excluding hydrogens is 324 g/mol. The molecule has 0 spiro atoms. The van der Waals surface area contributed by atoms with Gasteiger partial charge in [0.15, 0.2) is 0 Å². The second-order valence-corrected chi connectivity index (χ2v) is 6.82. The summed E-state index contributed by atoms with van der Waals surface area (Å²) in [6.07, 6.45) is 9.69. The Balaban J connectivity index is 1.48. The zero-order valence-electron chi connectivity index (χ0n) is 13.4. The molecule has 24 heavy (non-hydrogen) atoms. The third-order valence-electron chi connectivity index (χ3n) is 4.29. The van der Waals surface area contributed by atoms with Crippen LogP contribution in [-0.2, 0) is 11.3 Å². The molecule has 6 heteroatoms. The van der Waals surface area contributed by atoms with Crippen molar-refractivity contribution >= 4 is 11.6 Å². The molecule has 0 bridgehead atoms. The van der Waals surface area contributed by atoms with E-state index in [4.69, 9.17) is 16.3 Å². The van der Waals surface area contributed by atoms with E-state index < -0.39 is 0 Å². The smallest absolute Gasteiger partial charge is 0.132 e. The van der Waals surface area contributed by atoms with Gasteiger partial charge in [0.1, 0.15) is 11.4 Å². The van der Waals surface area contributed by atoms with Crippen LogP contribution in [-0.4, -0.2) is 32.7 Å². The second kappa shape index (κ2) is 6.92. The van der Waals surface area contributed by atoms with E-state index in [2.05, 4.69) is 27.1 Å². The highest BCUT2D eigenvalue weighted by atomic mass is 35.5. The lowest BCUT2D eigenvalue weighted by Crippen LogP contribution is -2.24. The Hall–Kier alpha value is -1.90. The predicted octanol–water partition coefficient (Wildman–Crippen LogP) is 3.32. The maximum absolute atomic E-state index is 6.36. The van der Waals surface area contributed by atoms with Gasteiger partial charge in [0.25, 0.3) is 0 Å². The van der Waals surface area contributed by atoms with Gasteiger partial charge < -0.3 is 4.74 Å². The molecule has 1 saturated carbocycles. The minimum Gasteiger partial charge on any atom is -0.376 e. The molecule has 0 unspecified atom stereocenters. The quantitative estimate of drug-likeness (QED) is 0.803. The summed E-state index contributed by atoms with van der Waals surface area (Å²) in [5.74, 6) is 6.91. The van der Waals surface area contributed by atoms with Crippen molar-refractivity contribution in [3.8, 4) is 23.2 Å². The minimum absolute atomic E-state index is 0.219. The highest BCUT2D eigenvalue weighted by Crippen LogP contribution is 2.28. The normalized spacial score (nSPS) is 20.5. The van der Waals surface area contributed by atoms with E-state index in [1.54, 1.807) is 6.20 Å². The summed E-state index contributed by atoms with van der Waals surface area (Å²) in [5, 5.41) is 8.93. The maximum atomic E-state index is 6.36. The number of ether oxygens (including phenoxy) is 1. The van der Waals surface area contributed by atoms with Crippen molar-refractivity contribution in [3.63, 3.8) is 0 Å². The highest BCUT2D eigenvalue weighted by molar-refractivity contribution is 6.33. The molecule has 2 aromatic rings. The fourth-order valence-electron chi connectivity index (χ4n) is 2.76. The van der Waals surface area contributed by atoms with Crippen molar-refractivity contribution in [1.82, 2.24) is 20.0 Å². The molecule has 1 aliphatic carbocycles. The molecule has 2 fully saturated rings. The fraction of sp³-hybridized carbons (Fsp3) is 0.500.